The fourth-order valence-corrected chi connectivity index (χ4v) is 3.24. The third-order valence-corrected chi connectivity index (χ3v) is 4.28. The Morgan fingerprint density at radius 3 is 2.17 bits per heavy atom. The first kappa shape index (κ1) is 14.0. The number of carbonyl (C=O) groups is 1. The number of piperazine rings is 1. The number of nitrogens with zero attached hydrogens (tertiary/aromatic N) is 2. The predicted octanol–water partition coefficient (Wildman–Crippen LogP) is 2.02. The van der Waals surface area contributed by atoms with Crippen molar-refractivity contribution in [2.24, 2.45) is 11.8 Å². The fourth-order valence-electron chi connectivity index (χ4n) is 3.24. The van der Waals surface area contributed by atoms with Crippen molar-refractivity contribution >= 4 is 5.78 Å². The SMILES string of the molecule is CC(C)CN1CCN(CC(=O)C2CCCC2)CC1. The molecule has 2 aliphatic rings. The van der Waals surface area contributed by atoms with E-state index in [9.17, 15) is 4.79 Å². The molecule has 0 unspecified atom stereocenters. The molecule has 0 aromatic rings. The summed E-state index contributed by atoms with van der Waals surface area (Å²) in [6.07, 6.45) is 4.81. The van der Waals surface area contributed by atoms with Crippen LogP contribution in [0.3, 0.4) is 0 Å². The minimum atomic E-state index is 0.388. The van der Waals surface area contributed by atoms with Crippen molar-refractivity contribution in [2.75, 3.05) is 39.3 Å². The second-order valence-corrected chi connectivity index (χ2v) is 6.42. The molecule has 0 aromatic heterocycles. The van der Waals surface area contributed by atoms with Gasteiger partial charge in [-0.1, -0.05) is 26.7 Å². The van der Waals surface area contributed by atoms with E-state index in [2.05, 4.69) is 23.6 Å². The van der Waals surface area contributed by atoms with Crippen molar-refractivity contribution < 1.29 is 4.79 Å². The molecule has 2 fully saturated rings. The van der Waals surface area contributed by atoms with E-state index >= 15 is 0 Å². The molecule has 1 saturated carbocycles. The van der Waals surface area contributed by atoms with E-state index in [0.717, 1.165) is 44.9 Å². The molecule has 0 bridgehead atoms. The Bertz CT molecular complexity index is 264. The molecule has 1 aliphatic heterocycles. The van der Waals surface area contributed by atoms with E-state index in [1.165, 1.54) is 19.4 Å². The number of Topliss-reactive ketones (excluding diaryl/α,β-unsaturated/α-hetero) is 1. The van der Waals surface area contributed by atoms with Crippen LogP contribution in [0, 0.1) is 11.8 Å². The standard InChI is InChI=1S/C15H28N2O/c1-13(2)11-16-7-9-17(10-8-16)12-15(18)14-5-3-4-6-14/h13-14H,3-12H2,1-2H3. The van der Waals surface area contributed by atoms with Crippen molar-refractivity contribution in [3.8, 4) is 0 Å². The van der Waals surface area contributed by atoms with Gasteiger partial charge in [-0.15, -0.1) is 0 Å². The number of carbonyl (C=O) groups excluding carboxylic acids is 1. The van der Waals surface area contributed by atoms with Gasteiger partial charge in [-0.3, -0.25) is 9.69 Å². The van der Waals surface area contributed by atoms with Gasteiger partial charge in [-0.05, 0) is 18.8 Å². The number of rotatable bonds is 5. The average Bonchev–Trinajstić information content (AvgIpc) is 2.84. The maximum absolute atomic E-state index is 12.1. The monoisotopic (exact) mass is 252 g/mol. The van der Waals surface area contributed by atoms with Crippen LogP contribution in [0.25, 0.3) is 0 Å². The Hall–Kier alpha value is -0.410. The van der Waals surface area contributed by atoms with Gasteiger partial charge in [-0.2, -0.15) is 0 Å². The van der Waals surface area contributed by atoms with Gasteiger partial charge >= 0.3 is 0 Å². The Kier molecular flexibility index (Phi) is 5.19. The maximum Gasteiger partial charge on any atom is 0.149 e. The average molecular weight is 252 g/mol. The first-order valence-electron chi connectivity index (χ1n) is 7.62. The lowest BCUT2D eigenvalue weighted by atomic mass is 10.0. The van der Waals surface area contributed by atoms with Crippen molar-refractivity contribution in [1.82, 2.24) is 9.80 Å². The van der Waals surface area contributed by atoms with E-state index in [1.807, 2.05) is 0 Å². The topological polar surface area (TPSA) is 23.6 Å². The van der Waals surface area contributed by atoms with Crippen LogP contribution in [-0.2, 0) is 4.79 Å². The second kappa shape index (κ2) is 6.67. The molecule has 0 atom stereocenters. The summed E-state index contributed by atoms with van der Waals surface area (Å²) in [5, 5.41) is 0. The molecule has 1 saturated heterocycles. The van der Waals surface area contributed by atoms with Crippen molar-refractivity contribution in [3.63, 3.8) is 0 Å². The third kappa shape index (κ3) is 4.06. The van der Waals surface area contributed by atoms with E-state index < -0.39 is 0 Å². The fraction of sp³-hybridized carbons (Fsp3) is 0.933. The number of hydrogen-bond donors (Lipinski definition) is 0. The molecule has 104 valence electrons. The second-order valence-electron chi connectivity index (χ2n) is 6.42. The normalized spacial score (nSPS) is 23.9. The summed E-state index contributed by atoms with van der Waals surface area (Å²) in [6.45, 7) is 10.9. The zero-order chi connectivity index (χ0) is 13.0. The largest absolute Gasteiger partial charge is 0.301 e. The lowest BCUT2D eigenvalue weighted by molar-refractivity contribution is -0.124. The summed E-state index contributed by atoms with van der Waals surface area (Å²) in [6, 6.07) is 0. The summed E-state index contributed by atoms with van der Waals surface area (Å²) in [5.41, 5.74) is 0. The van der Waals surface area contributed by atoms with E-state index in [-0.39, 0.29) is 0 Å². The van der Waals surface area contributed by atoms with Gasteiger partial charge in [0.05, 0.1) is 6.54 Å². The van der Waals surface area contributed by atoms with Gasteiger partial charge in [0, 0.05) is 38.6 Å². The quantitative estimate of drug-likeness (QED) is 0.748. The van der Waals surface area contributed by atoms with Crippen LogP contribution in [0.1, 0.15) is 39.5 Å². The highest BCUT2D eigenvalue weighted by atomic mass is 16.1. The third-order valence-electron chi connectivity index (χ3n) is 4.28. The molecule has 2 rings (SSSR count). The molecule has 3 nitrogen and oxygen atoms in total. The van der Waals surface area contributed by atoms with Crippen LogP contribution in [0.2, 0.25) is 0 Å². The van der Waals surface area contributed by atoms with Crippen molar-refractivity contribution in [3.05, 3.63) is 0 Å². The Morgan fingerprint density at radius 2 is 1.61 bits per heavy atom. The Balaban J connectivity index is 1.68. The molecular weight excluding hydrogens is 224 g/mol. The Labute approximate surface area is 112 Å². The Morgan fingerprint density at radius 1 is 1.06 bits per heavy atom. The first-order chi connectivity index (χ1) is 8.65. The van der Waals surface area contributed by atoms with E-state index in [1.54, 1.807) is 0 Å². The smallest absolute Gasteiger partial charge is 0.149 e. The van der Waals surface area contributed by atoms with Gasteiger partial charge < -0.3 is 4.90 Å². The lowest BCUT2D eigenvalue weighted by Crippen LogP contribution is -2.49. The van der Waals surface area contributed by atoms with Gasteiger partial charge in [-0.25, -0.2) is 0 Å². The predicted molar refractivity (Wildman–Crippen MR) is 74.7 cm³/mol. The molecule has 0 spiro atoms. The minimum absolute atomic E-state index is 0.388. The van der Waals surface area contributed by atoms with Crippen LogP contribution < -0.4 is 0 Å². The van der Waals surface area contributed by atoms with Gasteiger partial charge in [0.15, 0.2) is 0 Å². The zero-order valence-electron chi connectivity index (χ0n) is 12.0. The van der Waals surface area contributed by atoms with Gasteiger partial charge in [0.2, 0.25) is 0 Å². The summed E-state index contributed by atoms with van der Waals surface area (Å²) in [5.74, 6) is 1.64. The van der Waals surface area contributed by atoms with Crippen LogP contribution in [0.4, 0.5) is 0 Å². The van der Waals surface area contributed by atoms with Crippen molar-refractivity contribution in [1.29, 1.82) is 0 Å². The van der Waals surface area contributed by atoms with Gasteiger partial charge in [0.25, 0.3) is 0 Å². The molecule has 0 amide bonds. The molecule has 18 heavy (non-hydrogen) atoms. The first-order valence-corrected chi connectivity index (χ1v) is 7.62. The number of hydrogen-bond acceptors (Lipinski definition) is 3. The van der Waals surface area contributed by atoms with Gasteiger partial charge in [0.1, 0.15) is 5.78 Å². The van der Waals surface area contributed by atoms with Crippen LogP contribution in [0.5, 0.6) is 0 Å². The van der Waals surface area contributed by atoms with Crippen LogP contribution >= 0.6 is 0 Å². The molecule has 1 aliphatic carbocycles. The summed E-state index contributed by atoms with van der Waals surface area (Å²) >= 11 is 0. The summed E-state index contributed by atoms with van der Waals surface area (Å²) in [4.78, 5) is 17.0. The highest BCUT2D eigenvalue weighted by Crippen LogP contribution is 2.25. The van der Waals surface area contributed by atoms with Crippen molar-refractivity contribution in [2.45, 2.75) is 39.5 Å². The highest BCUT2D eigenvalue weighted by Gasteiger charge is 2.25. The highest BCUT2D eigenvalue weighted by molar-refractivity contribution is 5.83. The van der Waals surface area contributed by atoms with E-state index in [4.69, 9.17) is 0 Å². The maximum atomic E-state index is 12.1. The molecule has 0 aromatic carbocycles. The molecule has 3 heteroatoms. The van der Waals surface area contributed by atoms with Crippen LogP contribution in [-0.4, -0.2) is 54.9 Å². The molecule has 0 radical (unpaired) electrons. The zero-order valence-corrected chi connectivity index (χ0v) is 12.0. The molecular formula is C15H28N2O. The summed E-state index contributed by atoms with van der Waals surface area (Å²) < 4.78 is 0. The summed E-state index contributed by atoms with van der Waals surface area (Å²) in [7, 11) is 0. The molecule has 0 N–H and O–H groups in total. The lowest BCUT2D eigenvalue weighted by Gasteiger charge is -2.35. The molecule has 1 heterocycles. The van der Waals surface area contributed by atoms with Crippen LogP contribution in [0.15, 0.2) is 0 Å². The number of ketones is 1. The van der Waals surface area contributed by atoms with E-state index in [0.29, 0.717) is 18.2 Å². The minimum Gasteiger partial charge on any atom is -0.301 e.